The van der Waals surface area contributed by atoms with Crippen LogP contribution in [0.1, 0.15) is 18.1 Å². The first kappa shape index (κ1) is 9.03. The molecule has 0 unspecified atom stereocenters. The smallest absolute Gasteiger partial charge is 0.0682 e. The average Bonchev–Trinajstić information content (AvgIpc) is 2.16. The third-order valence-electron chi connectivity index (χ3n) is 1.85. The van der Waals surface area contributed by atoms with Gasteiger partial charge in [0.15, 0.2) is 0 Å². The van der Waals surface area contributed by atoms with Gasteiger partial charge in [0.05, 0.1) is 6.61 Å². The van der Waals surface area contributed by atoms with Crippen LogP contribution < -0.4 is 5.48 Å². The van der Waals surface area contributed by atoms with Gasteiger partial charge in [-0.25, -0.2) is 0 Å². The number of benzene rings is 1. The van der Waals surface area contributed by atoms with Gasteiger partial charge in [-0.05, 0) is 23.6 Å². The molecular weight excluding hydrogens is 154 g/mol. The highest BCUT2D eigenvalue weighted by atomic mass is 16.5. The number of hydrogen-bond donors (Lipinski definition) is 2. The van der Waals surface area contributed by atoms with Crippen molar-refractivity contribution >= 4 is 5.69 Å². The van der Waals surface area contributed by atoms with Crippen LogP contribution in [-0.2, 0) is 13.0 Å². The number of nitrogens with one attached hydrogen (secondary N) is 1. The van der Waals surface area contributed by atoms with Gasteiger partial charge in [-0.3, -0.25) is 0 Å². The number of aliphatic hydroxyl groups excluding tert-OH is 1. The summed E-state index contributed by atoms with van der Waals surface area (Å²) >= 11 is 0. The molecule has 0 heterocycles. The Morgan fingerprint density at radius 3 is 2.75 bits per heavy atom. The average molecular weight is 166 g/mol. The van der Waals surface area contributed by atoms with Gasteiger partial charge in [0.25, 0.3) is 0 Å². The van der Waals surface area contributed by atoms with Crippen LogP contribution in [0.3, 0.4) is 0 Å². The number of rotatable bonds is 3. The van der Waals surface area contributed by atoms with Crippen molar-refractivity contribution in [2.75, 3.05) is 5.48 Å². The molecule has 0 saturated heterocycles. The molecule has 0 spiro atoms. The van der Waals surface area contributed by atoms with E-state index in [9.17, 15) is 5.21 Å². The highest BCUT2D eigenvalue weighted by Gasteiger charge is 1.97. The molecule has 0 radical (unpaired) electrons. The van der Waals surface area contributed by atoms with Crippen LogP contribution in [0.4, 0.5) is 5.69 Å². The van der Waals surface area contributed by atoms with Crippen LogP contribution >= 0.6 is 0 Å². The molecule has 0 aliphatic heterocycles. The van der Waals surface area contributed by atoms with Gasteiger partial charge in [-0.2, -0.15) is 0 Å². The van der Waals surface area contributed by atoms with E-state index >= 15 is 0 Å². The number of anilines is 1. The first-order valence-electron chi connectivity index (χ1n) is 3.92. The van der Waals surface area contributed by atoms with Crippen molar-refractivity contribution in [3.8, 4) is 0 Å². The lowest BCUT2D eigenvalue weighted by Crippen LogP contribution is -1.94. The Morgan fingerprint density at radius 2 is 2.25 bits per heavy atom. The van der Waals surface area contributed by atoms with Gasteiger partial charge >= 0.3 is 0 Å². The Bertz CT molecular complexity index is 261. The largest absolute Gasteiger partial charge is 0.761 e. The van der Waals surface area contributed by atoms with Crippen molar-refractivity contribution in [2.24, 2.45) is 0 Å². The zero-order valence-electron chi connectivity index (χ0n) is 7.00. The van der Waals surface area contributed by atoms with Crippen LogP contribution in [0.2, 0.25) is 0 Å². The second kappa shape index (κ2) is 4.09. The van der Waals surface area contributed by atoms with Crippen LogP contribution in [0, 0.1) is 5.21 Å². The second-order valence-corrected chi connectivity index (χ2v) is 2.61. The molecule has 0 atom stereocenters. The maximum absolute atomic E-state index is 10.4. The molecular formula is C9H12NO2-. The Morgan fingerprint density at radius 1 is 1.50 bits per heavy atom. The maximum Gasteiger partial charge on any atom is 0.0682 e. The van der Waals surface area contributed by atoms with Crippen LogP contribution in [0.15, 0.2) is 18.2 Å². The minimum Gasteiger partial charge on any atom is -0.761 e. The zero-order chi connectivity index (χ0) is 8.97. The van der Waals surface area contributed by atoms with E-state index in [4.69, 9.17) is 5.11 Å². The number of hydrogen-bond acceptors (Lipinski definition) is 3. The van der Waals surface area contributed by atoms with E-state index < -0.39 is 0 Å². The van der Waals surface area contributed by atoms with Gasteiger partial charge in [-0.1, -0.05) is 19.1 Å². The summed E-state index contributed by atoms with van der Waals surface area (Å²) in [6, 6.07) is 5.34. The molecule has 0 fully saturated rings. The summed E-state index contributed by atoms with van der Waals surface area (Å²) in [6.07, 6.45) is 0.816. The molecule has 0 aromatic heterocycles. The lowest BCUT2D eigenvalue weighted by molar-refractivity contribution is 0.282. The maximum atomic E-state index is 10.4. The fraction of sp³-hybridized carbons (Fsp3) is 0.333. The summed E-state index contributed by atoms with van der Waals surface area (Å²) in [4.78, 5) is 0. The van der Waals surface area contributed by atoms with Gasteiger partial charge in [-0.15, -0.1) is 0 Å². The van der Waals surface area contributed by atoms with E-state index in [1.807, 2.05) is 24.5 Å². The fourth-order valence-electron chi connectivity index (χ4n) is 1.13. The summed E-state index contributed by atoms with van der Waals surface area (Å²) in [5.74, 6) is 0. The molecule has 1 rings (SSSR count). The highest BCUT2D eigenvalue weighted by molar-refractivity contribution is 5.53. The molecule has 66 valence electrons. The van der Waals surface area contributed by atoms with Crippen LogP contribution in [-0.4, -0.2) is 5.11 Å². The molecule has 0 aliphatic rings. The lowest BCUT2D eigenvalue weighted by Gasteiger charge is -2.14. The fourth-order valence-corrected chi connectivity index (χ4v) is 1.13. The van der Waals surface area contributed by atoms with Crippen molar-refractivity contribution in [3.63, 3.8) is 0 Å². The van der Waals surface area contributed by atoms with Gasteiger partial charge < -0.3 is 15.8 Å². The number of aryl methyl sites for hydroxylation is 1. The van der Waals surface area contributed by atoms with E-state index in [0.29, 0.717) is 5.69 Å². The van der Waals surface area contributed by atoms with E-state index in [2.05, 4.69) is 0 Å². The first-order chi connectivity index (χ1) is 5.81. The molecule has 0 aliphatic carbocycles. The Hall–Kier alpha value is -1.06. The van der Waals surface area contributed by atoms with E-state index in [1.54, 1.807) is 6.07 Å². The number of aliphatic hydroxyl groups is 1. The normalized spacial score (nSPS) is 9.92. The van der Waals surface area contributed by atoms with Gasteiger partial charge in [0.1, 0.15) is 0 Å². The Labute approximate surface area is 71.6 Å². The van der Waals surface area contributed by atoms with E-state index in [0.717, 1.165) is 17.5 Å². The summed E-state index contributed by atoms with van der Waals surface area (Å²) in [6.45, 7) is 1.95. The molecule has 2 N–H and O–H groups in total. The van der Waals surface area contributed by atoms with Crippen molar-refractivity contribution < 1.29 is 5.11 Å². The third kappa shape index (κ3) is 1.75. The van der Waals surface area contributed by atoms with Crippen LogP contribution in [0.5, 0.6) is 0 Å². The Kier molecular flexibility index (Phi) is 3.08. The molecule has 0 bridgehead atoms. The molecule has 12 heavy (non-hydrogen) atoms. The summed E-state index contributed by atoms with van der Waals surface area (Å²) < 4.78 is 0. The quantitative estimate of drug-likeness (QED) is 0.671. The lowest BCUT2D eigenvalue weighted by atomic mass is 10.1. The first-order valence-corrected chi connectivity index (χ1v) is 3.92. The van der Waals surface area contributed by atoms with E-state index in [-0.39, 0.29) is 6.61 Å². The van der Waals surface area contributed by atoms with Crippen molar-refractivity contribution in [1.82, 2.24) is 0 Å². The minimum absolute atomic E-state index is 0.0291. The molecule has 1 aromatic carbocycles. The molecule has 1 aromatic rings. The summed E-state index contributed by atoms with van der Waals surface area (Å²) in [7, 11) is 0. The van der Waals surface area contributed by atoms with Crippen molar-refractivity contribution in [1.29, 1.82) is 0 Å². The Balaban J connectivity index is 3.02. The summed E-state index contributed by atoms with van der Waals surface area (Å²) in [5, 5.41) is 19.2. The minimum atomic E-state index is -0.0291. The third-order valence-corrected chi connectivity index (χ3v) is 1.85. The van der Waals surface area contributed by atoms with Gasteiger partial charge in [0, 0.05) is 5.69 Å². The van der Waals surface area contributed by atoms with Crippen molar-refractivity contribution in [2.45, 2.75) is 20.0 Å². The van der Waals surface area contributed by atoms with Crippen molar-refractivity contribution in [3.05, 3.63) is 34.5 Å². The molecule has 0 amide bonds. The monoisotopic (exact) mass is 166 g/mol. The highest BCUT2D eigenvalue weighted by Crippen LogP contribution is 2.17. The second-order valence-electron chi connectivity index (χ2n) is 2.61. The predicted molar refractivity (Wildman–Crippen MR) is 48.7 cm³/mol. The zero-order valence-corrected chi connectivity index (χ0v) is 7.00. The topological polar surface area (TPSA) is 55.3 Å². The van der Waals surface area contributed by atoms with Gasteiger partial charge in [0.2, 0.25) is 0 Å². The molecule has 0 saturated carbocycles. The van der Waals surface area contributed by atoms with Crippen LogP contribution in [0.25, 0.3) is 0 Å². The summed E-state index contributed by atoms with van der Waals surface area (Å²) in [5.41, 5.74) is 4.15. The standard InChI is InChI=1S/C9H12NO2/c1-2-8-4-3-7(6-11)5-9(8)10-12/h3-5,10-11H,2,6H2,1H3/q-1. The SMILES string of the molecule is CCc1ccc(CO)cc1N[O-]. The predicted octanol–water partition coefficient (Wildman–Crippen LogP) is 1.65. The van der Waals surface area contributed by atoms with E-state index in [1.165, 1.54) is 0 Å². The molecule has 3 heteroatoms. The molecule has 3 nitrogen and oxygen atoms in total.